The molecule has 0 amide bonds. The smallest absolute Gasteiger partial charge is 0.0826 e. The van der Waals surface area contributed by atoms with Gasteiger partial charge in [-0.2, -0.15) is 0 Å². The van der Waals surface area contributed by atoms with Crippen LogP contribution in [-0.4, -0.2) is 44.3 Å². The molecule has 0 aliphatic carbocycles. The maximum Gasteiger partial charge on any atom is 0.0826 e. The van der Waals surface area contributed by atoms with Gasteiger partial charge >= 0.3 is 0 Å². The minimum absolute atomic E-state index is 0.323. The second-order valence-electron chi connectivity index (χ2n) is 5.14. The van der Waals surface area contributed by atoms with Crippen molar-refractivity contribution >= 4 is 21.4 Å². The van der Waals surface area contributed by atoms with E-state index in [-0.39, 0.29) is 0 Å². The van der Waals surface area contributed by atoms with E-state index in [2.05, 4.69) is 46.9 Å². The van der Waals surface area contributed by atoms with Gasteiger partial charge in [0.15, 0.2) is 0 Å². The van der Waals surface area contributed by atoms with Gasteiger partial charge < -0.3 is 15.0 Å². The van der Waals surface area contributed by atoms with Crippen LogP contribution in [0.1, 0.15) is 5.56 Å². The number of benzene rings is 1. The number of likely N-dealkylation sites (N-methyl/N-ethyl adjacent to an activating group) is 1. The zero-order valence-corrected chi connectivity index (χ0v) is 12.1. The molecule has 3 nitrogen and oxygen atoms in total. The summed E-state index contributed by atoms with van der Waals surface area (Å²) in [5, 5.41) is 7.16. The molecule has 1 aromatic carbocycles. The molecule has 1 atom stereocenters. The van der Waals surface area contributed by atoms with Crippen LogP contribution in [0, 0.1) is 0 Å². The first kappa shape index (κ1) is 13.1. The van der Waals surface area contributed by atoms with Gasteiger partial charge in [0.05, 0.1) is 12.7 Å². The first-order valence-corrected chi connectivity index (χ1v) is 7.67. The summed E-state index contributed by atoms with van der Waals surface area (Å²) in [6.07, 6.45) is 0.323. The zero-order valence-electron chi connectivity index (χ0n) is 11.3. The van der Waals surface area contributed by atoms with Crippen molar-refractivity contribution in [3.8, 4) is 0 Å². The number of fused-ring (bicyclic) bond motifs is 1. The Hall–Kier alpha value is -0.940. The van der Waals surface area contributed by atoms with Gasteiger partial charge in [0.2, 0.25) is 0 Å². The Balaban J connectivity index is 1.55. The standard InChI is InChI=1S/C15H20N2OS/c1-17-6-7-18-13(10-17)9-16-8-12-11-19-15-5-3-2-4-14(12)15/h2-5,11,13,16H,6-10H2,1H3/t13-/m0/s1. The highest BCUT2D eigenvalue weighted by Crippen LogP contribution is 2.25. The summed E-state index contributed by atoms with van der Waals surface area (Å²) >= 11 is 1.82. The number of nitrogens with zero attached hydrogens (tertiary/aromatic N) is 1. The average molecular weight is 276 g/mol. The van der Waals surface area contributed by atoms with E-state index in [4.69, 9.17) is 4.74 Å². The maximum absolute atomic E-state index is 5.75. The highest BCUT2D eigenvalue weighted by molar-refractivity contribution is 7.17. The summed E-state index contributed by atoms with van der Waals surface area (Å²) in [4.78, 5) is 2.33. The fraction of sp³-hybridized carbons (Fsp3) is 0.467. The molecule has 2 heterocycles. The summed E-state index contributed by atoms with van der Waals surface area (Å²) < 4.78 is 7.12. The monoisotopic (exact) mass is 276 g/mol. The second-order valence-corrected chi connectivity index (χ2v) is 6.05. The molecule has 1 aliphatic heterocycles. The Kier molecular flexibility index (Phi) is 4.13. The van der Waals surface area contributed by atoms with Crippen LogP contribution in [0.5, 0.6) is 0 Å². The van der Waals surface area contributed by atoms with Gasteiger partial charge in [-0.05, 0) is 29.4 Å². The SMILES string of the molecule is CN1CCO[C@@H](CNCc2csc3ccccc23)C1. The number of morpholine rings is 1. The van der Waals surface area contributed by atoms with Crippen LogP contribution < -0.4 is 5.32 Å². The minimum Gasteiger partial charge on any atom is -0.374 e. The normalized spacial score (nSPS) is 21.0. The van der Waals surface area contributed by atoms with Gasteiger partial charge in [0.25, 0.3) is 0 Å². The van der Waals surface area contributed by atoms with E-state index >= 15 is 0 Å². The summed E-state index contributed by atoms with van der Waals surface area (Å²) in [5.74, 6) is 0. The largest absolute Gasteiger partial charge is 0.374 e. The van der Waals surface area contributed by atoms with Gasteiger partial charge in [-0.3, -0.25) is 0 Å². The van der Waals surface area contributed by atoms with Crippen molar-refractivity contribution in [2.75, 3.05) is 33.3 Å². The average Bonchev–Trinajstić information content (AvgIpc) is 2.83. The number of rotatable bonds is 4. The summed E-state index contributed by atoms with van der Waals surface area (Å²) in [7, 11) is 2.15. The van der Waals surface area contributed by atoms with E-state index in [1.165, 1.54) is 15.6 Å². The van der Waals surface area contributed by atoms with Crippen LogP contribution in [0.4, 0.5) is 0 Å². The summed E-state index contributed by atoms with van der Waals surface area (Å²) in [6.45, 7) is 4.77. The van der Waals surface area contributed by atoms with Crippen LogP contribution in [0.2, 0.25) is 0 Å². The van der Waals surface area contributed by atoms with Crippen molar-refractivity contribution in [1.29, 1.82) is 0 Å². The molecule has 0 radical (unpaired) electrons. The van der Waals surface area contributed by atoms with Crippen LogP contribution in [-0.2, 0) is 11.3 Å². The van der Waals surface area contributed by atoms with Crippen molar-refractivity contribution in [2.45, 2.75) is 12.6 Å². The van der Waals surface area contributed by atoms with Gasteiger partial charge in [-0.1, -0.05) is 18.2 Å². The molecule has 3 rings (SSSR count). The Labute approximate surface area is 118 Å². The topological polar surface area (TPSA) is 24.5 Å². The minimum atomic E-state index is 0.323. The fourth-order valence-electron chi connectivity index (χ4n) is 2.53. The van der Waals surface area contributed by atoms with Gasteiger partial charge in [-0.25, -0.2) is 0 Å². The molecule has 0 saturated carbocycles. The lowest BCUT2D eigenvalue weighted by Gasteiger charge is -2.30. The van der Waals surface area contributed by atoms with E-state index in [0.29, 0.717) is 6.10 Å². The van der Waals surface area contributed by atoms with Crippen molar-refractivity contribution in [3.63, 3.8) is 0 Å². The lowest BCUT2D eigenvalue weighted by Crippen LogP contribution is -2.44. The Morgan fingerprint density at radius 2 is 2.32 bits per heavy atom. The van der Waals surface area contributed by atoms with Gasteiger partial charge in [0, 0.05) is 30.9 Å². The van der Waals surface area contributed by atoms with Crippen molar-refractivity contribution in [2.24, 2.45) is 0 Å². The molecule has 0 unspecified atom stereocenters. The van der Waals surface area contributed by atoms with E-state index in [1.54, 1.807) is 0 Å². The molecule has 102 valence electrons. The predicted molar refractivity (Wildman–Crippen MR) is 80.8 cm³/mol. The van der Waals surface area contributed by atoms with Gasteiger partial charge in [-0.15, -0.1) is 11.3 Å². The van der Waals surface area contributed by atoms with Crippen molar-refractivity contribution in [1.82, 2.24) is 10.2 Å². The molecule has 1 aliphatic rings. The molecule has 0 bridgehead atoms. The first-order valence-electron chi connectivity index (χ1n) is 6.79. The molecule has 1 saturated heterocycles. The fourth-order valence-corrected chi connectivity index (χ4v) is 3.49. The molecule has 19 heavy (non-hydrogen) atoms. The number of ether oxygens (including phenoxy) is 1. The molecule has 1 aromatic heterocycles. The Morgan fingerprint density at radius 3 is 3.21 bits per heavy atom. The van der Waals surface area contributed by atoms with Crippen molar-refractivity contribution < 1.29 is 4.74 Å². The lowest BCUT2D eigenvalue weighted by atomic mass is 10.2. The van der Waals surface area contributed by atoms with Crippen LogP contribution in [0.25, 0.3) is 10.1 Å². The highest BCUT2D eigenvalue weighted by Gasteiger charge is 2.17. The van der Waals surface area contributed by atoms with E-state index in [0.717, 1.165) is 32.8 Å². The number of hydrogen-bond acceptors (Lipinski definition) is 4. The Morgan fingerprint density at radius 1 is 1.42 bits per heavy atom. The van der Waals surface area contributed by atoms with E-state index < -0.39 is 0 Å². The zero-order chi connectivity index (χ0) is 13.1. The number of thiophene rings is 1. The molecular weight excluding hydrogens is 256 g/mol. The number of hydrogen-bond donors (Lipinski definition) is 1. The van der Waals surface area contributed by atoms with Gasteiger partial charge in [0.1, 0.15) is 0 Å². The van der Waals surface area contributed by atoms with E-state index in [9.17, 15) is 0 Å². The Bertz CT molecular complexity index is 540. The maximum atomic E-state index is 5.75. The molecule has 1 N–H and O–H groups in total. The lowest BCUT2D eigenvalue weighted by molar-refractivity contribution is -0.0182. The van der Waals surface area contributed by atoms with Crippen molar-refractivity contribution in [3.05, 3.63) is 35.2 Å². The molecule has 0 spiro atoms. The molecule has 1 fully saturated rings. The third kappa shape index (κ3) is 3.15. The summed E-state index contributed by atoms with van der Waals surface area (Å²) in [6, 6.07) is 8.59. The second kappa shape index (κ2) is 6.01. The predicted octanol–water partition coefficient (Wildman–Crippen LogP) is 2.32. The molecule has 2 aromatic rings. The quantitative estimate of drug-likeness (QED) is 0.927. The molecule has 4 heteroatoms. The number of nitrogens with one attached hydrogen (secondary N) is 1. The van der Waals surface area contributed by atoms with E-state index in [1.807, 2.05) is 11.3 Å². The third-order valence-corrected chi connectivity index (χ3v) is 4.60. The van der Waals surface area contributed by atoms with Crippen LogP contribution in [0.15, 0.2) is 29.6 Å². The first-order chi connectivity index (χ1) is 9.33. The highest BCUT2D eigenvalue weighted by atomic mass is 32.1. The van der Waals surface area contributed by atoms with Crippen LogP contribution in [0.3, 0.4) is 0 Å². The molecular formula is C15H20N2OS. The third-order valence-electron chi connectivity index (χ3n) is 3.59. The summed E-state index contributed by atoms with van der Waals surface area (Å²) in [5.41, 5.74) is 1.39. The van der Waals surface area contributed by atoms with Crippen LogP contribution >= 0.6 is 11.3 Å².